The third-order valence-corrected chi connectivity index (χ3v) is 4.86. The standard InChI is InChI=1S/C17H19N3O2S/c1-11-10-14(12-6-4-5-7-13(12)18-11)23-9-8-20-15(21)17(2,3)19-16(20)22/h4-7,10H,8-9H2,1-3H3,(H,19,22). The smallest absolute Gasteiger partial charge is 0.324 e. The van der Waals surface area contributed by atoms with Gasteiger partial charge in [0.05, 0.1) is 5.52 Å². The van der Waals surface area contributed by atoms with Gasteiger partial charge in [-0.05, 0) is 32.9 Å². The number of aryl methyl sites for hydroxylation is 1. The van der Waals surface area contributed by atoms with E-state index in [1.165, 1.54) is 4.90 Å². The predicted octanol–water partition coefficient (Wildman–Crippen LogP) is 2.97. The fourth-order valence-corrected chi connectivity index (χ4v) is 3.73. The van der Waals surface area contributed by atoms with Crippen LogP contribution in [-0.2, 0) is 4.79 Å². The average Bonchev–Trinajstić information content (AvgIpc) is 2.68. The van der Waals surface area contributed by atoms with Crippen molar-refractivity contribution in [3.8, 4) is 0 Å². The van der Waals surface area contributed by atoms with Crippen LogP contribution < -0.4 is 5.32 Å². The number of thioether (sulfide) groups is 1. The van der Waals surface area contributed by atoms with Crippen LogP contribution in [0.3, 0.4) is 0 Å². The molecule has 1 fully saturated rings. The molecular weight excluding hydrogens is 310 g/mol. The van der Waals surface area contributed by atoms with Crippen molar-refractivity contribution in [2.45, 2.75) is 31.2 Å². The molecule has 3 amide bonds. The summed E-state index contributed by atoms with van der Waals surface area (Å²) in [5.74, 6) is 0.488. The number of hydrogen-bond acceptors (Lipinski definition) is 4. The van der Waals surface area contributed by atoms with Crippen LogP contribution >= 0.6 is 11.8 Å². The lowest BCUT2D eigenvalue weighted by Crippen LogP contribution is -2.40. The second-order valence-corrected chi connectivity index (χ2v) is 7.28. The molecule has 2 heterocycles. The molecule has 1 aromatic heterocycles. The van der Waals surface area contributed by atoms with E-state index in [0.29, 0.717) is 12.3 Å². The number of carbonyl (C=O) groups is 2. The van der Waals surface area contributed by atoms with Crippen LogP contribution in [0.1, 0.15) is 19.5 Å². The zero-order valence-corrected chi connectivity index (χ0v) is 14.2. The topological polar surface area (TPSA) is 62.3 Å². The summed E-state index contributed by atoms with van der Waals surface area (Å²) in [6.45, 7) is 5.81. The molecule has 23 heavy (non-hydrogen) atoms. The first-order chi connectivity index (χ1) is 10.9. The van der Waals surface area contributed by atoms with Crippen LogP contribution in [-0.4, -0.2) is 39.7 Å². The molecule has 0 bridgehead atoms. The molecule has 2 aromatic rings. The monoisotopic (exact) mass is 329 g/mol. The zero-order valence-electron chi connectivity index (χ0n) is 13.4. The summed E-state index contributed by atoms with van der Waals surface area (Å²) < 4.78 is 0. The van der Waals surface area contributed by atoms with Crippen LogP contribution in [0.5, 0.6) is 0 Å². The lowest BCUT2D eigenvalue weighted by Gasteiger charge is -2.16. The lowest BCUT2D eigenvalue weighted by molar-refractivity contribution is -0.130. The molecule has 3 rings (SSSR count). The van der Waals surface area contributed by atoms with Gasteiger partial charge in [-0.25, -0.2) is 4.79 Å². The maximum Gasteiger partial charge on any atom is 0.325 e. The highest BCUT2D eigenvalue weighted by atomic mass is 32.2. The van der Waals surface area contributed by atoms with E-state index in [1.54, 1.807) is 25.6 Å². The highest BCUT2D eigenvalue weighted by molar-refractivity contribution is 7.99. The van der Waals surface area contributed by atoms with E-state index in [-0.39, 0.29) is 11.9 Å². The van der Waals surface area contributed by atoms with Gasteiger partial charge in [-0.3, -0.25) is 14.7 Å². The molecule has 1 aliphatic heterocycles. The molecule has 0 spiro atoms. The van der Waals surface area contributed by atoms with E-state index in [9.17, 15) is 9.59 Å². The summed E-state index contributed by atoms with van der Waals surface area (Å²) >= 11 is 1.64. The number of urea groups is 1. The fourth-order valence-electron chi connectivity index (χ4n) is 2.66. The zero-order chi connectivity index (χ0) is 16.6. The van der Waals surface area contributed by atoms with Gasteiger partial charge in [0.25, 0.3) is 5.91 Å². The molecule has 1 N–H and O–H groups in total. The Kier molecular flexibility index (Phi) is 4.02. The Morgan fingerprint density at radius 2 is 2.00 bits per heavy atom. The number of nitrogens with one attached hydrogen (secondary N) is 1. The minimum absolute atomic E-state index is 0.168. The Morgan fingerprint density at radius 3 is 2.70 bits per heavy atom. The number of benzene rings is 1. The van der Waals surface area contributed by atoms with Gasteiger partial charge in [0.1, 0.15) is 5.54 Å². The van der Waals surface area contributed by atoms with Crippen molar-refractivity contribution in [2.75, 3.05) is 12.3 Å². The molecule has 1 saturated heterocycles. The number of fused-ring (bicyclic) bond motifs is 1. The van der Waals surface area contributed by atoms with Crippen LogP contribution in [0.15, 0.2) is 35.2 Å². The summed E-state index contributed by atoms with van der Waals surface area (Å²) in [5, 5.41) is 3.80. The number of hydrogen-bond donors (Lipinski definition) is 1. The van der Waals surface area contributed by atoms with Crippen molar-refractivity contribution in [2.24, 2.45) is 0 Å². The third kappa shape index (κ3) is 3.03. The van der Waals surface area contributed by atoms with E-state index in [0.717, 1.165) is 21.5 Å². The Bertz CT molecular complexity index is 789. The minimum Gasteiger partial charge on any atom is -0.324 e. The van der Waals surface area contributed by atoms with Crippen LogP contribution in [0.4, 0.5) is 4.79 Å². The van der Waals surface area contributed by atoms with Crippen LogP contribution in [0.2, 0.25) is 0 Å². The van der Waals surface area contributed by atoms with Crippen LogP contribution in [0.25, 0.3) is 10.9 Å². The maximum absolute atomic E-state index is 12.2. The number of nitrogens with zero attached hydrogens (tertiary/aromatic N) is 2. The van der Waals surface area contributed by atoms with Crippen molar-refractivity contribution < 1.29 is 9.59 Å². The van der Waals surface area contributed by atoms with E-state index < -0.39 is 5.54 Å². The first-order valence-electron chi connectivity index (χ1n) is 7.52. The fraction of sp³-hybridized carbons (Fsp3) is 0.353. The number of rotatable bonds is 4. The minimum atomic E-state index is -0.804. The summed E-state index contributed by atoms with van der Waals surface area (Å²) in [7, 11) is 0. The van der Waals surface area contributed by atoms with E-state index in [4.69, 9.17) is 0 Å². The first kappa shape index (κ1) is 15.8. The molecule has 6 heteroatoms. The molecular formula is C17H19N3O2S. The second-order valence-electron chi connectivity index (χ2n) is 6.14. The molecule has 1 aliphatic rings. The number of para-hydroxylation sites is 1. The highest BCUT2D eigenvalue weighted by Gasteiger charge is 2.43. The Labute approximate surface area is 139 Å². The molecule has 0 aliphatic carbocycles. The van der Waals surface area contributed by atoms with Crippen molar-refractivity contribution in [3.05, 3.63) is 36.0 Å². The normalized spacial score (nSPS) is 16.9. The van der Waals surface area contributed by atoms with E-state index in [1.807, 2.05) is 37.3 Å². The van der Waals surface area contributed by atoms with Gasteiger partial charge in [-0.2, -0.15) is 0 Å². The third-order valence-electron chi connectivity index (χ3n) is 3.82. The Morgan fingerprint density at radius 1 is 1.26 bits per heavy atom. The van der Waals surface area contributed by atoms with Gasteiger partial charge in [0, 0.05) is 28.3 Å². The second kappa shape index (κ2) is 5.85. The van der Waals surface area contributed by atoms with E-state index in [2.05, 4.69) is 10.3 Å². The number of carbonyl (C=O) groups excluding carboxylic acids is 2. The summed E-state index contributed by atoms with van der Waals surface area (Å²) in [4.78, 5) is 31.0. The molecule has 5 nitrogen and oxygen atoms in total. The van der Waals surface area contributed by atoms with Crippen molar-refractivity contribution in [1.82, 2.24) is 15.2 Å². The molecule has 0 atom stereocenters. The average molecular weight is 329 g/mol. The predicted molar refractivity (Wildman–Crippen MR) is 91.5 cm³/mol. The van der Waals surface area contributed by atoms with Crippen molar-refractivity contribution in [1.29, 1.82) is 0 Å². The van der Waals surface area contributed by atoms with Crippen molar-refractivity contribution in [3.63, 3.8) is 0 Å². The largest absolute Gasteiger partial charge is 0.325 e. The maximum atomic E-state index is 12.2. The summed E-state index contributed by atoms with van der Waals surface area (Å²) in [6, 6.07) is 9.73. The van der Waals surface area contributed by atoms with E-state index >= 15 is 0 Å². The van der Waals surface area contributed by atoms with Gasteiger partial charge < -0.3 is 5.32 Å². The molecule has 0 unspecified atom stereocenters. The molecule has 0 radical (unpaired) electrons. The van der Waals surface area contributed by atoms with Gasteiger partial charge >= 0.3 is 6.03 Å². The van der Waals surface area contributed by atoms with Crippen molar-refractivity contribution >= 4 is 34.6 Å². The van der Waals surface area contributed by atoms with Gasteiger partial charge in [0.2, 0.25) is 0 Å². The SMILES string of the molecule is Cc1cc(SCCN2C(=O)NC(C)(C)C2=O)c2ccccc2n1. The van der Waals surface area contributed by atoms with Gasteiger partial charge in [0.15, 0.2) is 0 Å². The Hall–Kier alpha value is -2.08. The van der Waals surface area contributed by atoms with Crippen LogP contribution in [0, 0.1) is 6.92 Å². The Balaban J connectivity index is 1.73. The number of pyridine rings is 1. The number of amides is 3. The first-order valence-corrected chi connectivity index (χ1v) is 8.50. The quantitative estimate of drug-likeness (QED) is 0.692. The lowest BCUT2D eigenvalue weighted by atomic mass is 10.1. The van der Waals surface area contributed by atoms with Gasteiger partial charge in [-0.1, -0.05) is 18.2 Å². The summed E-state index contributed by atoms with van der Waals surface area (Å²) in [6.07, 6.45) is 0. The molecule has 1 aromatic carbocycles. The number of imide groups is 1. The van der Waals surface area contributed by atoms with Gasteiger partial charge in [-0.15, -0.1) is 11.8 Å². The highest BCUT2D eigenvalue weighted by Crippen LogP contribution is 2.28. The molecule has 0 saturated carbocycles. The number of aromatic nitrogens is 1. The molecule has 120 valence electrons. The summed E-state index contributed by atoms with van der Waals surface area (Å²) in [5.41, 5.74) is 1.12.